The van der Waals surface area contributed by atoms with Gasteiger partial charge in [0.25, 0.3) is 0 Å². The third-order valence-corrected chi connectivity index (χ3v) is 9.59. The highest BCUT2D eigenvalue weighted by Gasteiger charge is 2.43. The summed E-state index contributed by atoms with van der Waals surface area (Å²) in [7, 11) is 0. The van der Waals surface area contributed by atoms with E-state index in [4.69, 9.17) is 4.74 Å². The Kier molecular flexibility index (Phi) is 11.8. The number of hydrogen-bond donors (Lipinski definition) is 3. The maximum Gasteiger partial charge on any atom is 0.246 e. The number of carbonyl (C=O) groups excluding carboxylic acids is 3. The fraction of sp³-hybridized carbons (Fsp3) is 0.528. The molecule has 0 spiro atoms. The minimum absolute atomic E-state index is 0.201. The highest BCUT2D eigenvalue weighted by Crippen LogP contribution is 2.30. The van der Waals surface area contributed by atoms with Gasteiger partial charge in [-0.25, -0.2) is 4.39 Å². The maximum absolute atomic E-state index is 13.8. The lowest BCUT2D eigenvalue weighted by Gasteiger charge is -2.35. The standard InChI is InChI=1S/C36H47FN4O4/c37-31-11-8-27(9-12-31)10-13-33(42)40-36(18-4-5-19-36)35(44)39-32(24-28-6-2-1-3-7-28)34(43)38-25-29-14-20-41(21-15-29)26-30-16-22-45-23-17-30/h1-3,6-13,29-30,32H,4-5,14-26H2,(H,38,43)(H,39,44)(H,40,42)/b13-10+/t32-/m1/s1. The van der Waals surface area contributed by atoms with Crippen LogP contribution in [0.25, 0.3) is 6.08 Å². The highest BCUT2D eigenvalue weighted by molar-refractivity contribution is 5.99. The largest absolute Gasteiger partial charge is 0.381 e. The second-order valence-corrected chi connectivity index (χ2v) is 12.9. The van der Waals surface area contributed by atoms with Crippen molar-refractivity contribution in [2.24, 2.45) is 11.8 Å². The van der Waals surface area contributed by atoms with E-state index in [-0.39, 0.29) is 17.6 Å². The first-order valence-corrected chi connectivity index (χ1v) is 16.6. The van der Waals surface area contributed by atoms with Crippen LogP contribution >= 0.6 is 0 Å². The molecule has 2 aliphatic heterocycles. The van der Waals surface area contributed by atoms with E-state index in [9.17, 15) is 18.8 Å². The number of carbonyl (C=O) groups is 3. The van der Waals surface area contributed by atoms with Gasteiger partial charge in [-0.1, -0.05) is 55.3 Å². The summed E-state index contributed by atoms with van der Waals surface area (Å²) in [5.74, 6) is -0.159. The van der Waals surface area contributed by atoms with E-state index in [1.165, 1.54) is 18.2 Å². The number of benzene rings is 2. The molecule has 1 atom stereocenters. The zero-order valence-electron chi connectivity index (χ0n) is 26.1. The fourth-order valence-electron chi connectivity index (χ4n) is 6.80. The molecule has 1 aliphatic carbocycles. The number of nitrogens with one attached hydrogen (secondary N) is 3. The molecule has 3 aliphatic rings. The summed E-state index contributed by atoms with van der Waals surface area (Å²) in [4.78, 5) is 42.9. The Morgan fingerprint density at radius 2 is 1.62 bits per heavy atom. The Labute approximate surface area is 266 Å². The molecule has 0 unspecified atom stereocenters. The van der Waals surface area contributed by atoms with Crippen molar-refractivity contribution in [3.05, 3.63) is 77.6 Å². The molecule has 3 amide bonds. The van der Waals surface area contributed by atoms with Crippen molar-refractivity contribution in [2.75, 3.05) is 39.4 Å². The molecule has 2 heterocycles. The second kappa shape index (κ2) is 16.1. The monoisotopic (exact) mass is 618 g/mol. The van der Waals surface area contributed by atoms with Gasteiger partial charge in [0.15, 0.2) is 0 Å². The molecule has 2 aromatic carbocycles. The van der Waals surface area contributed by atoms with Gasteiger partial charge in [-0.2, -0.15) is 0 Å². The van der Waals surface area contributed by atoms with Crippen molar-refractivity contribution in [3.8, 4) is 0 Å². The average Bonchev–Trinajstić information content (AvgIpc) is 3.54. The van der Waals surface area contributed by atoms with E-state index in [2.05, 4.69) is 20.9 Å². The molecule has 5 rings (SSSR count). The number of rotatable bonds is 12. The number of amides is 3. The number of nitrogens with zero attached hydrogens (tertiary/aromatic N) is 1. The van der Waals surface area contributed by atoms with Crippen molar-refractivity contribution in [3.63, 3.8) is 0 Å². The minimum atomic E-state index is -1.09. The van der Waals surface area contributed by atoms with Crippen molar-refractivity contribution in [1.29, 1.82) is 0 Å². The van der Waals surface area contributed by atoms with Crippen LogP contribution in [0.4, 0.5) is 4.39 Å². The molecule has 45 heavy (non-hydrogen) atoms. The van der Waals surface area contributed by atoms with Gasteiger partial charge in [-0.05, 0) is 92.8 Å². The minimum Gasteiger partial charge on any atom is -0.381 e. The van der Waals surface area contributed by atoms with Crippen molar-refractivity contribution >= 4 is 23.8 Å². The molecule has 0 radical (unpaired) electrons. The number of likely N-dealkylation sites (tertiary alicyclic amines) is 1. The van der Waals surface area contributed by atoms with Crippen molar-refractivity contribution in [2.45, 2.75) is 69.4 Å². The number of ether oxygens (including phenoxy) is 1. The normalized spacial score (nSPS) is 20.1. The third-order valence-electron chi connectivity index (χ3n) is 9.59. The Morgan fingerprint density at radius 1 is 0.933 bits per heavy atom. The first-order chi connectivity index (χ1) is 21.9. The van der Waals surface area contributed by atoms with E-state index in [0.29, 0.717) is 37.3 Å². The van der Waals surface area contributed by atoms with Crippen LogP contribution in [-0.4, -0.2) is 73.6 Å². The summed E-state index contributed by atoms with van der Waals surface area (Å²) < 4.78 is 18.7. The molecule has 2 aromatic rings. The predicted octanol–water partition coefficient (Wildman–Crippen LogP) is 4.25. The summed E-state index contributed by atoms with van der Waals surface area (Å²) >= 11 is 0. The molecular formula is C36H47FN4O4. The summed E-state index contributed by atoms with van der Waals surface area (Å²) in [5, 5.41) is 9.11. The summed E-state index contributed by atoms with van der Waals surface area (Å²) in [6.45, 7) is 5.54. The van der Waals surface area contributed by atoms with Gasteiger partial charge in [0.05, 0.1) is 0 Å². The third kappa shape index (κ3) is 9.71. The topological polar surface area (TPSA) is 99.8 Å². The van der Waals surface area contributed by atoms with E-state index >= 15 is 0 Å². The summed E-state index contributed by atoms with van der Waals surface area (Å²) in [5.41, 5.74) is 0.545. The van der Waals surface area contributed by atoms with Gasteiger partial charge >= 0.3 is 0 Å². The van der Waals surface area contributed by atoms with E-state index in [1.807, 2.05) is 30.3 Å². The Morgan fingerprint density at radius 3 is 2.31 bits per heavy atom. The summed E-state index contributed by atoms with van der Waals surface area (Å²) in [6, 6.07) is 14.7. The van der Waals surface area contributed by atoms with Gasteiger partial charge in [0, 0.05) is 38.8 Å². The predicted molar refractivity (Wildman–Crippen MR) is 173 cm³/mol. The van der Waals surface area contributed by atoms with Crippen LogP contribution in [-0.2, 0) is 25.5 Å². The lowest BCUT2D eigenvalue weighted by molar-refractivity contribution is -0.135. The van der Waals surface area contributed by atoms with Crippen LogP contribution in [0.3, 0.4) is 0 Å². The van der Waals surface area contributed by atoms with E-state index in [1.54, 1.807) is 18.2 Å². The molecule has 0 bridgehead atoms. The SMILES string of the molecule is O=C(/C=C/c1ccc(F)cc1)NC1(C(=O)N[C@H](Cc2ccccc2)C(=O)NCC2CCN(CC3CCOCC3)CC2)CCCC1. The van der Waals surface area contributed by atoms with E-state index < -0.39 is 17.5 Å². The van der Waals surface area contributed by atoms with Crippen LogP contribution in [0.15, 0.2) is 60.7 Å². The number of piperidine rings is 1. The lowest BCUT2D eigenvalue weighted by atomic mass is 9.93. The molecule has 242 valence electrons. The van der Waals surface area contributed by atoms with Crippen molar-refractivity contribution in [1.82, 2.24) is 20.9 Å². The van der Waals surface area contributed by atoms with Gasteiger partial charge < -0.3 is 25.6 Å². The van der Waals surface area contributed by atoms with Crippen LogP contribution < -0.4 is 16.0 Å². The molecule has 2 saturated heterocycles. The quantitative estimate of drug-likeness (QED) is 0.309. The van der Waals surface area contributed by atoms with Gasteiger partial charge in [0.2, 0.25) is 17.7 Å². The average molecular weight is 619 g/mol. The second-order valence-electron chi connectivity index (χ2n) is 12.9. The van der Waals surface area contributed by atoms with Crippen LogP contribution in [0, 0.1) is 17.7 Å². The molecule has 0 aromatic heterocycles. The van der Waals surface area contributed by atoms with Gasteiger partial charge in [-0.3, -0.25) is 14.4 Å². The smallest absolute Gasteiger partial charge is 0.246 e. The van der Waals surface area contributed by atoms with Crippen LogP contribution in [0.2, 0.25) is 0 Å². The lowest BCUT2D eigenvalue weighted by Crippen LogP contribution is -2.61. The van der Waals surface area contributed by atoms with Crippen LogP contribution in [0.5, 0.6) is 0 Å². The highest BCUT2D eigenvalue weighted by atomic mass is 19.1. The Balaban J connectivity index is 1.17. The molecule has 3 N–H and O–H groups in total. The maximum atomic E-state index is 13.8. The van der Waals surface area contributed by atoms with Crippen LogP contribution in [0.1, 0.15) is 62.5 Å². The van der Waals surface area contributed by atoms with Crippen molar-refractivity contribution < 1.29 is 23.5 Å². The van der Waals surface area contributed by atoms with Gasteiger partial charge in [0.1, 0.15) is 17.4 Å². The Hall–Kier alpha value is -3.56. The fourth-order valence-corrected chi connectivity index (χ4v) is 6.80. The first kappa shape index (κ1) is 32.8. The first-order valence-electron chi connectivity index (χ1n) is 16.6. The van der Waals surface area contributed by atoms with E-state index in [0.717, 1.165) is 82.9 Å². The Bertz CT molecular complexity index is 1280. The molecule has 8 nitrogen and oxygen atoms in total. The molecular weight excluding hydrogens is 571 g/mol. The number of halogens is 1. The number of hydrogen-bond acceptors (Lipinski definition) is 5. The van der Waals surface area contributed by atoms with Gasteiger partial charge in [-0.15, -0.1) is 0 Å². The summed E-state index contributed by atoms with van der Waals surface area (Å²) in [6.07, 6.45) is 10.3. The zero-order valence-corrected chi connectivity index (χ0v) is 26.1. The molecule has 1 saturated carbocycles. The zero-order chi connectivity index (χ0) is 31.5. The molecule has 3 fully saturated rings. The molecule has 9 heteroatoms.